The van der Waals surface area contributed by atoms with Crippen molar-refractivity contribution in [3.8, 4) is 0 Å². The fourth-order valence-electron chi connectivity index (χ4n) is 1.72. The van der Waals surface area contributed by atoms with Gasteiger partial charge in [0.15, 0.2) is 0 Å². The minimum Gasteiger partial charge on any atom is -0.289 e. The van der Waals surface area contributed by atoms with Crippen molar-refractivity contribution in [3.63, 3.8) is 0 Å². The summed E-state index contributed by atoms with van der Waals surface area (Å²) < 4.78 is 0. The summed E-state index contributed by atoms with van der Waals surface area (Å²) in [5, 5.41) is 17.5. The maximum atomic E-state index is 11.9. The number of aromatic amines is 1. The van der Waals surface area contributed by atoms with Crippen LogP contribution in [0.2, 0.25) is 0 Å². The van der Waals surface area contributed by atoms with Crippen LogP contribution in [0.4, 0.5) is 5.95 Å². The Kier molecular flexibility index (Phi) is 2.45. The lowest BCUT2D eigenvalue weighted by Crippen LogP contribution is -2.12. The van der Waals surface area contributed by atoms with Gasteiger partial charge in [-0.1, -0.05) is 35.4 Å². The molecule has 0 fully saturated rings. The first-order valence-corrected chi connectivity index (χ1v) is 5.37. The van der Waals surface area contributed by atoms with E-state index < -0.39 is 0 Å². The predicted octanol–water partition coefficient (Wildman–Crippen LogP) is 1.61. The molecule has 3 aromatic rings. The monoisotopic (exact) mass is 239 g/mol. The number of amides is 1. The number of nitrogens with one attached hydrogen (secondary N) is 2. The van der Waals surface area contributed by atoms with Gasteiger partial charge in [0.25, 0.3) is 5.91 Å². The molecule has 0 bridgehead atoms. The lowest BCUT2D eigenvalue weighted by atomic mass is 10.1. The van der Waals surface area contributed by atoms with Gasteiger partial charge in [0.05, 0.1) is 0 Å². The predicted molar refractivity (Wildman–Crippen MR) is 66.1 cm³/mol. The molecule has 0 aliphatic heterocycles. The zero-order valence-corrected chi connectivity index (χ0v) is 9.29. The molecular weight excluding hydrogens is 230 g/mol. The molecule has 0 spiro atoms. The number of hydrogen-bond donors (Lipinski definition) is 2. The minimum absolute atomic E-state index is 0.230. The standard InChI is InChI=1S/C12H9N5O/c18-11(13-12-14-16-17-15-12)10-6-5-8-3-1-2-4-9(8)7-10/h1-7H,(H2,13,14,15,16,17,18). The van der Waals surface area contributed by atoms with E-state index >= 15 is 0 Å². The number of rotatable bonds is 2. The SMILES string of the molecule is O=C(Nc1nnn[nH]1)c1ccc2ccccc2c1. The van der Waals surface area contributed by atoms with E-state index in [0.717, 1.165) is 10.8 Å². The van der Waals surface area contributed by atoms with Gasteiger partial charge < -0.3 is 0 Å². The van der Waals surface area contributed by atoms with Gasteiger partial charge in [-0.15, -0.1) is 0 Å². The number of anilines is 1. The highest BCUT2D eigenvalue weighted by Crippen LogP contribution is 2.16. The van der Waals surface area contributed by atoms with E-state index in [2.05, 4.69) is 25.9 Å². The van der Waals surface area contributed by atoms with Crippen molar-refractivity contribution in [1.82, 2.24) is 20.6 Å². The van der Waals surface area contributed by atoms with Crippen molar-refractivity contribution in [2.24, 2.45) is 0 Å². The highest BCUT2D eigenvalue weighted by atomic mass is 16.1. The Bertz CT molecular complexity index is 693. The topological polar surface area (TPSA) is 83.6 Å². The quantitative estimate of drug-likeness (QED) is 0.711. The first-order chi connectivity index (χ1) is 8.83. The number of carbonyl (C=O) groups is 1. The van der Waals surface area contributed by atoms with Crippen LogP contribution in [0.3, 0.4) is 0 Å². The molecule has 1 heterocycles. The molecule has 0 saturated carbocycles. The highest BCUT2D eigenvalue weighted by molar-refractivity contribution is 6.05. The molecule has 0 unspecified atom stereocenters. The summed E-state index contributed by atoms with van der Waals surface area (Å²) in [7, 11) is 0. The molecule has 0 aliphatic rings. The first kappa shape index (κ1) is 10.4. The van der Waals surface area contributed by atoms with Crippen LogP contribution in [-0.2, 0) is 0 Å². The molecular formula is C12H9N5O. The molecule has 3 rings (SSSR count). The normalized spacial score (nSPS) is 10.4. The van der Waals surface area contributed by atoms with Gasteiger partial charge in [0.2, 0.25) is 5.95 Å². The Hall–Kier alpha value is -2.76. The van der Waals surface area contributed by atoms with Gasteiger partial charge in [-0.05, 0) is 33.3 Å². The summed E-state index contributed by atoms with van der Waals surface area (Å²) in [6.45, 7) is 0. The smallest absolute Gasteiger partial charge is 0.258 e. The fraction of sp³-hybridized carbons (Fsp3) is 0. The summed E-state index contributed by atoms with van der Waals surface area (Å²) in [5.74, 6) is -0.0209. The molecule has 6 heteroatoms. The van der Waals surface area contributed by atoms with Crippen molar-refractivity contribution >= 4 is 22.6 Å². The van der Waals surface area contributed by atoms with Gasteiger partial charge in [0.1, 0.15) is 0 Å². The number of aromatic nitrogens is 4. The van der Waals surface area contributed by atoms with Crippen LogP contribution in [0.15, 0.2) is 42.5 Å². The van der Waals surface area contributed by atoms with Crippen molar-refractivity contribution in [3.05, 3.63) is 48.0 Å². The van der Waals surface area contributed by atoms with Crippen molar-refractivity contribution < 1.29 is 4.79 Å². The zero-order valence-electron chi connectivity index (χ0n) is 9.29. The van der Waals surface area contributed by atoms with Crippen LogP contribution in [-0.4, -0.2) is 26.5 Å². The number of carbonyl (C=O) groups excluding carboxylic acids is 1. The van der Waals surface area contributed by atoms with E-state index in [9.17, 15) is 4.79 Å². The van der Waals surface area contributed by atoms with Crippen LogP contribution in [0, 0.1) is 0 Å². The summed E-state index contributed by atoms with van der Waals surface area (Å²) in [6, 6.07) is 13.4. The summed E-state index contributed by atoms with van der Waals surface area (Å²) in [4.78, 5) is 11.9. The molecule has 0 atom stereocenters. The molecule has 1 aromatic heterocycles. The minimum atomic E-state index is -0.251. The molecule has 0 radical (unpaired) electrons. The molecule has 0 saturated heterocycles. The lowest BCUT2D eigenvalue weighted by Gasteiger charge is -2.03. The second-order valence-corrected chi connectivity index (χ2v) is 3.77. The van der Waals surface area contributed by atoms with E-state index in [1.165, 1.54) is 0 Å². The number of hydrogen-bond acceptors (Lipinski definition) is 4. The Morgan fingerprint density at radius 1 is 1.11 bits per heavy atom. The van der Waals surface area contributed by atoms with E-state index in [0.29, 0.717) is 5.56 Å². The highest BCUT2D eigenvalue weighted by Gasteiger charge is 2.08. The second-order valence-electron chi connectivity index (χ2n) is 3.77. The van der Waals surface area contributed by atoms with E-state index in [-0.39, 0.29) is 11.9 Å². The largest absolute Gasteiger partial charge is 0.289 e. The molecule has 2 N–H and O–H groups in total. The Morgan fingerprint density at radius 2 is 1.94 bits per heavy atom. The van der Waals surface area contributed by atoms with E-state index in [4.69, 9.17) is 0 Å². The second kappa shape index (κ2) is 4.25. The average Bonchev–Trinajstić information content (AvgIpc) is 2.91. The molecule has 0 aliphatic carbocycles. The number of nitrogens with zero attached hydrogens (tertiary/aromatic N) is 3. The third kappa shape index (κ3) is 1.91. The number of fused-ring (bicyclic) bond motifs is 1. The Labute approximate surface area is 102 Å². The van der Waals surface area contributed by atoms with E-state index in [1.807, 2.05) is 36.4 Å². The maximum absolute atomic E-state index is 11.9. The average molecular weight is 239 g/mol. The molecule has 1 amide bonds. The molecule has 6 nitrogen and oxygen atoms in total. The number of benzene rings is 2. The Balaban J connectivity index is 1.92. The zero-order chi connectivity index (χ0) is 12.4. The van der Waals surface area contributed by atoms with Crippen molar-refractivity contribution in [2.75, 3.05) is 5.32 Å². The molecule has 18 heavy (non-hydrogen) atoms. The third-order valence-corrected chi connectivity index (χ3v) is 2.59. The summed E-state index contributed by atoms with van der Waals surface area (Å²) >= 11 is 0. The van der Waals surface area contributed by atoms with Gasteiger partial charge in [-0.25, -0.2) is 5.10 Å². The lowest BCUT2D eigenvalue weighted by molar-refractivity contribution is 0.102. The summed E-state index contributed by atoms with van der Waals surface area (Å²) in [5.41, 5.74) is 0.560. The molecule has 2 aromatic carbocycles. The Morgan fingerprint density at radius 3 is 2.72 bits per heavy atom. The molecule has 88 valence electrons. The van der Waals surface area contributed by atoms with Crippen molar-refractivity contribution in [2.45, 2.75) is 0 Å². The number of tetrazole rings is 1. The van der Waals surface area contributed by atoms with Crippen LogP contribution < -0.4 is 5.32 Å². The first-order valence-electron chi connectivity index (χ1n) is 5.37. The van der Waals surface area contributed by atoms with Crippen LogP contribution >= 0.6 is 0 Å². The van der Waals surface area contributed by atoms with Gasteiger partial charge in [-0.3, -0.25) is 10.1 Å². The van der Waals surface area contributed by atoms with Crippen molar-refractivity contribution in [1.29, 1.82) is 0 Å². The van der Waals surface area contributed by atoms with Crippen LogP contribution in [0.1, 0.15) is 10.4 Å². The fourth-order valence-corrected chi connectivity index (χ4v) is 1.72. The summed E-state index contributed by atoms with van der Waals surface area (Å²) in [6.07, 6.45) is 0. The third-order valence-electron chi connectivity index (χ3n) is 2.59. The van der Waals surface area contributed by atoms with E-state index in [1.54, 1.807) is 6.07 Å². The number of H-pyrrole nitrogens is 1. The van der Waals surface area contributed by atoms with Crippen LogP contribution in [0.5, 0.6) is 0 Å². The maximum Gasteiger partial charge on any atom is 0.258 e. The van der Waals surface area contributed by atoms with Gasteiger partial charge in [-0.2, -0.15) is 0 Å². The van der Waals surface area contributed by atoms with Gasteiger partial charge in [0, 0.05) is 5.56 Å². The van der Waals surface area contributed by atoms with Crippen LogP contribution in [0.25, 0.3) is 10.8 Å². The van der Waals surface area contributed by atoms with Gasteiger partial charge >= 0.3 is 0 Å².